The lowest BCUT2D eigenvalue weighted by Gasteiger charge is -2.07. The van der Waals surface area contributed by atoms with Gasteiger partial charge in [-0.3, -0.25) is 9.59 Å². The summed E-state index contributed by atoms with van der Waals surface area (Å²) < 4.78 is 0. The summed E-state index contributed by atoms with van der Waals surface area (Å²) in [6.45, 7) is 2.63. The Balaban J connectivity index is 2.57. The Kier molecular flexibility index (Phi) is 4.32. The molecule has 0 saturated heterocycles. The molecule has 0 saturated carbocycles. The summed E-state index contributed by atoms with van der Waals surface area (Å²) in [5.74, 6) is -0.575. The Morgan fingerprint density at radius 3 is 2.75 bits per heavy atom. The van der Waals surface area contributed by atoms with E-state index < -0.39 is 5.91 Å². The number of rotatable bonds is 5. The van der Waals surface area contributed by atoms with E-state index in [0.29, 0.717) is 17.8 Å². The maximum absolute atomic E-state index is 11.2. The molecule has 0 spiro atoms. The van der Waals surface area contributed by atoms with Crippen molar-refractivity contribution in [3.63, 3.8) is 0 Å². The van der Waals surface area contributed by atoms with Crippen LogP contribution in [0.2, 0.25) is 0 Å². The summed E-state index contributed by atoms with van der Waals surface area (Å²) in [4.78, 5) is 22.1. The summed E-state index contributed by atoms with van der Waals surface area (Å²) in [7, 11) is 0. The van der Waals surface area contributed by atoms with E-state index in [0.717, 1.165) is 0 Å². The van der Waals surface area contributed by atoms with E-state index in [1.807, 2.05) is 6.92 Å². The van der Waals surface area contributed by atoms with E-state index >= 15 is 0 Å². The maximum atomic E-state index is 11.2. The van der Waals surface area contributed by atoms with Gasteiger partial charge in [0.1, 0.15) is 0 Å². The molecule has 1 aromatic rings. The molecule has 0 aromatic heterocycles. The average molecular weight is 221 g/mol. The van der Waals surface area contributed by atoms with Crippen molar-refractivity contribution in [3.8, 4) is 0 Å². The lowest BCUT2D eigenvalue weighted by atomic mass is 10.2. The Bertz CT molecular complexity index is 391. The zero-order chi connectivity index (χ0) is 12.0. The van der Waals surface area contributed by atoms with E-state index in [4.69, 9.17) is 5.73 Å². The van der Waals surface area contributed by atoms with Gasteiger partial charge >= 0.3 is 0 Å². The van der Waals surface area contributed by atoms with E-state index in [-0.39, 0.29) is 12.5 Å². The van der Waals surface area contributed by atoms with Gasteiger partial charge in [-0.25, -0.2) is 0 Å². The first-order valence-corrected chi connectivity index (χ1v) is 5.04. The molecule has 0 fully saturated rings. The predicted molar refractivity (Wildman–Crippen MR) is 62.1 cm³/mol. The Morgan fingerprint density at radius 1 is 1.38 bits per heavy atom. The fraction of sp³-hybridized carbons (Fsp3) is 0.273. The van der Waals surface area contributed by atoms with Crippen molar-refractivity contribution in [2.24, 2.45) is 5.73 Å². The van der Waals surface area contributed by atoms with Crippen LogP contribution >= 0.6 is 0 Å². The molecule has 1 rings (SSSR count). The third kappa shape index (κ3) is 3.61. The van der Waals surface area contributed by atoms with Crippen LogP contribution in [0.25, 0.3) is 0 Å². The Hall–Kier alpha value is -2.04. The lowest BCUT2D eigenvalue weighted by molar-refractivity contribution is -0.119. The topological polar surface area (TPSA) is 84.2 Å². The number of carbonyl (C=O) groups is 2. The molecule has 5 heteroatoms. The number of hydrogen-bond donors (Lipinski definition) is 3. The van der Waals surface area contributed by atoms with Crippen molar-refractivity contribution in [1.82, 2.24) is 5.32 Å². The van der Waals surface area contributed by atoms with Crippen molar-refractivity contribution >= 4 is 17.5 Å². The first-order chi connectivity index (χ1) is 7.63. The first kappa shape index (κ1) is 12.0. The minimum Gasteiger partial charge on any atom is -0.376 e. The molecule has 2 amide bonds. The number of likely N-dealkylation sites (N-methyl/N-ethyl adjacent to an activating group) is 1. The minimum atomic E-state index is -0.485. The minimum absolute atomic E-state index is 0.0908. The van der Waals surface area contributed by atoms with E-state index in [1.54, 1.807) is 24.3 Å². The second kappa shape index (κ2) is 5.75. The van der Waals surface area contributed by atoms with E-state index in [1.165, 1.54) is 0 Å². The predicted octanol–water partition coefficient (Wildman–Crippen LogP) is 0.333. The second-order valence-corrected chi connectivity index (χ2v) is 3.25. The van der Waals surface area contributed by atoms with Crippen LogP contribution < -0.4 is 16.4 Å². The number of nitrogens with two attached hydrogens (primary N) is 1. The summed E-state index contributed by atoms with van der Waals surface area (Å²) >= 11 is 0. The molecule has 0 unspecified atom stereocenters. The fourth-order valence-corrected chi connectivity index (χ4v) is 1.22. The molecule has 0 aliphatic heterocycles. The average Bonchev–Trinajstić information content (AvgIpc) is 2.27. The number of hydrogen-bond acceptors (Lipinski definition) is 3. The van der Waals surface area contributed by atoms with Gasteiger partial charge in [-0.15, -0.1) is 0 Å². The highest BCUT2D eigenvalue weighted by atomic mass is 16.2. The standard InChI is InChI=1S/C11H15N3O2/c1-2-13-10(15)7-14-9-5-3-4-8(6-9)11(12)16/h3-6,14H,2,7H2,1H3,(H2,12,16)(H,13,15). The van der Waals surface area contributed by atoms with Crippen LogP contribution in [0.1, 0.15) is 17.3 Å². The van der Waals surface area contributed by atoms with Crippen molar-refractivity contribution in [1.29, 1.82) is 0 Å². The lowest BCUT2D eigenvalue weighted by Crippen LogP contribution is -2.29. The summed E-state index contributed by atoms with van der Waals surface area (Å²) in [5, 5.41) is 5.56. The molecule has 0 radical (unpaired) electrons. The normalized spacial score (nSPS) is 9.56. The number of anilines is 1. The van der Waals surface area contributed by atoms with Crippen LogP contribution in [0.5, 0.6) is 0 Å². The van der Waals surface area contributed by atoms with Gasteiger partial charge < -0.3 is 16.4 Å². The molecule has 16 heavy (non-hydrogen) atoms. The van der Waals surface area contributed by atoms with Gasteiger partial charge in [-0.2, -0.15) is 0 Å². The third-order valence-corrected chi connectivity index (χ3v) is 1.97. The highest BCUT2D eigenvalue weighted by Gasteiger charge is 2.02. The van der Waals surface area contributed by atoms with Gasteiger partial charge in [-0.05, 0) is 25.1 Å². The first-order valence-electron chi connectivity index (χ1n) is 5.04. The highest BCUT2D eigenvalue weighted by Crippen LogP contribution is 2.09. The van der Waals surface area contributed by atoms with Gasteiger partial charge in [0, 0.05) is 17.8 Å². The number of amides is 2. The fourth-order valence-electron chi connectivity index (χ4n) is 1.22. The molecule has 0 bridgehead atoms. The summed E-state index contributed by atoms with van der Waals surface area (Å²) in [5.41, 5.74) is 6.25. The van der Waals surface area contributed by atoms with Gasteiger partial charge in [0.2, 0.25) is 11.8 Å². The third-order valence-electron chi connectivity index (χ3n) is 1.97. The molecular weight excluding hydrogens is 206 g/mol. The number of primary amides is 1. The van der Waals surface area contributed by atoms with Gasteiger partial charge in [-0.1, -0.05) is 6.07 Å². The van der Waals surface area contributed by atoms with Gasteiger partial charge in [0.25, 0.3) is 0 Å². The molecule has 0 atom stereocenters. The number of carbonyl (C=O) groups excluding carboxylic acids is 2. The monoisotopic (exact) mass is 221 g/mol. The summed E-state index contributed by atoms with van der Waals surface area (Å²) in [6.07, 6.45) is 0. The van der Waals surface area contributed by atoms with Crippen molar-refractivity contribution in [3.05, 3.63) is 29.8 Å². The SMILES string of the molecule is CCNC(=O)CNc1cccc(C(N)=O)c1. The van der Waals surface area contributed by atoms with Crippen LogP contribution in [-0.4, -0.2) is 24.9 Å². The second-order valence-electron chi connectivity index (χ2n) is 3.25. The quantitative estimate of drug-likeness (QED) is 0.670. The molecule has 0 aliphatic rings. The molecule has 86 valence electrons. The van der Waals surface area contributed by atoms with Gasteiger partial charge in [0.15, 0.2) is 0 Å². The maximum Gasteiger partial charge on any atom is 0.248 e. The number of benzene rings is 1. The Labute approximate surface area is 94.0 Å². The smallest absolute Gasteiger partial charge is 0.248 e. The van der Waals surface area contributed by atoms with Crippen LogP contribution in [0, 0.1) is 0 Å². The zero-order valence-corrected chi connectivity index (χ0v) is 9.12. The van der Waals surface area contributed by atoms with Crippen molar-refractivity contribution in [2.45, 2.75) is 6.92 Å². The molecule has 0 heterocycles. The van der Waals surface area contributed by atoms with Crippen molar-refractivity contribution in [2.75, 3.05) is 18.4 Å². The number of nitrogens with one attached hydrogen (secondary N) is 2. The summed E-state index contributed by atoms with van der Waals surface area (Å²) in [6, 6.07) is 6.72. The molecule has 5 nitrogen and oxygen atoms in total. The van der Waals surface area contributed by atoms with E-state index in [2.05, 4.69) is 10.6 Å². The molecule has 0 aliphatic carbocycles. The van der Waals surface area contributed by atoms with Gasteiger partial charge in [0.05, 0.1) is 6.54 Å². The highest BCUT2D eigenvalue weighted by molar-refractivity contribution is 5.93. The molecule has 1 aromatic carbocycles. The van der Waals surface area contributed by atoms with Crippen LogP contribution in [0.4, 0.5) is 5.69 Å². The van der Waals surface area contributed by atoms with E-state index in [9.17, 15) is 9.59 Å². The molecule has 4 N–H and O–H groups in total. The van der Waals surface area contributed by atoms with Crippen LogP contribution in [0.15, 0.2) is 24.3 Å². The zero-order valence-electron chi connectivity index (χ0n) is 9.12. The molecular formula is C11H15N3O2. The van der Waals surface area contributed by atoms with Crippen molar-refractivity contribution < 1.29 is 9.59 Å². The van der Waals surface area contributed by atoms with Crippen LogP contribution in [-0.2, 0) is 4.79 Å². The Morgan fingerprint density at radius 2 is 2.12 bits per heavy atom. The van der Waals surface area contributed by atoms with Crippen LogP contribution in [0.3, 0.4) is 0 Å². The largest absolute Gasteiger partial charge is 0.376 e.